The molecule has 1 aromatic carbocycles. The molecule has 8 heteroatoms. The molecule has 1 amide bonds. The number of aliphatic hydroxyl groups is 1. The molecule has 1 aliphatic heterocycles. The van der Waals surface area contributed by atoms with Crippen LogP contribution in [0.25, 0.3) is 0 Å². The number of Topliss-reactive ketones (excluding diaryl/α,β-unsaturated/α-hetero) is 1. The molecule has 34 heavy (non-hydrogen) atoms. The molecule has 0 aliphatic carbocycles. The first kappa shape index (κ1) is 23.6. The van der Waals surface area contributed by atoms with Gasteiger partial charge in [-0.05, 0) is 49.1 Å². The number of carbonyl (C=O) groups is 2. The lowest BCUT2D eigenvalue weighted by Gasteiger charge is -2.27. The van der Waals surface area contributed by atoms with Crippen LogP contribution in [0.5, 0.6) is 5.75 Å². The van der Waals surface area contributed by atoms with Crippen LogP contribution in [0, 0.1) is 19.8 Å². The molecule has 7 nitrogen and oxygen atoms in total. The van der Waals surface area contributed by atoms with Crippen LogP contribution in [0.2, 0.25) is 0 Å². The zero-order chi connectivity index (χ0) is 24.4. The molecule has 0 saturated heterocycles. The normalized spacial score (nSPS) is 16.0. The van der Waals surface area contributed by atoms with Gasteiger partial charge in [0.2, 0.25) is 5.78 Å². The number of hydrogen-bond acceptors (Lipinski definition) is 7. The molecule has 1 N–H and O–H groups in total. The fourth-order valence-corrected chi connectivity index (χ4v) is 4.86. The van der Waals surface area contributed by atoms with Crippen molar-refractivity contribution in [3.05, 3.63) is 86.8 Å². The largest absolute Gasteiger partial charge is 0.503 e. The quantitative estimate of drug-likeness (QED) is 0.461. The number of aryl methyl sites for hydroxylation is 2. The number of aromatic nitrogens is 2. The second kappa shape index (κ2) is 9.77. The van der Waals surface area contributed by atoms with Crippen LogP contribution in [-0.4, -0.2) is 38.3 Å². The maximum absolute atomic E-state index is 13.6. The van der Waals surface area contributed by atoms with Crippen molar-refractivity contribution in [2.75, 3.05) is 6.61 Å². The maximum Gasteiger partial charge on any atom is 0.290 e. The number of rotatable bonds is 8. The van der Waals surface area contributed by atoms with Crippen LogP contribution in [0.15, 0.2) is 60.1 Å². The summed E-state index contributed by atoms with van der Waals surface area (Å²) in [7, 11) is 0. The number of ketones is 1. The average Bonchev–Trinajstić information content (AvgIpc) is 3.28. The lowest BCUT2D eigenvalue weighted by atomic mass is 9.94. The molecule has 0 saturated carbocycles. The van der Waals surface area contributed by atoms with Gasteiger partial charge in [-0.2, -0.15) is 0 Å². The predicted octanol–water partition coefficient (Wildman–Crippen LogP) is 4.97. The molecule has 2 aromatic heterocycles. The third-order valence-corrected chi connectivity index (χ3v) is 6.56. The summed E-state index contributed by atoms with van der Waals surface area (Å²) in [5.41, 5.74) is 2.12. The Morgan fingerprint density at radius 1 is 1.24 bits per heavy atom. The number of amides is 1. The first-order chi connectivity index (χ1) is 16.3. The summed E-state index contributed by atoms with van der Waals surface area (Å²) in [6, 6.07) is 10.2. The van der Waals surface area contributed by atoms with Gasteiger partial charge >= 0.3 is 0 Å². The van der Waals surface area contributed by atoms with Crippen LogP contribution in [0.3, 0.4) is 0 Å². The number of benzene rings is 1. The molecule has 0 radical (unpaired) electrons. The first-order valence-electron chi connectivity index (χ1n) is 11.1. The summed E-state index contributed by atoms with van der Waals surface area (Å²) < 4.78 is 5.89. The maximum atomic E-state index is 13.6. The van der Waals surface area contributed by atoms with E-state index in [-0.39, 0.29) is 17.9 Å². The second-order valence-corrected chi connectivity index (χ2v) is 9.92. The van der Waals surface area contributed by atoms with Gasteiger partial charge in [-0.3, -0.25) is 14.6 Å². The van der Waals surface area contributed by atoms with Crippen LogP contribution in [0.4, 0.5) is 0 Å². The average molecular weight is 478 g/mol. The summed E-state index contributed by atoms with van der Waals surface area (Å²) >= 11 is 1.26. The highest BCUT2D eigenvalue weighted by atomic mass is 32.1. The minimum Gasteiger partial charge on any atom is -0.503 e. The third kappa shape index (κ3) is 4.72. The SMILES string of the molecule is Cc1nc(C)c(C(=O)C2=C(O)C(=O)N(Cc3cccnc3)C2c2cccc(OCC(C)C)c2)s1. The van der Waals surface area contributed by atoms with Gasteiger partial charge in [0.05, 0.1) is 33.8 Å². The van der Waals surface area contributed by atoms with Gasteiger partial charge in [0.25, 0.3) is 5.91 Å². The van der Waals surface area contributed by atoms with Gasteiger partial charge in [-0.1, -0.05) is 32.0 Å². The number of ether oxygens (including phenoxy) is 1. The van der Waals surface area contributed by atoms with Crippen molar-refractivity contribution in [2.24, 2.45) is 5.92 Å². The Hall–Kier alpha value is -3.52. The smallest absolute Gasteiger partial charge is 0.290 e. The standard InChI is InChI=1S/C26H27N3O4S/c1-15(2)14-33-20-9-5-8-19(11-20)22-21(23(30)25-16(3)28-17(4)34-25)24(31)26(32)29(22)13-18-7-6-10-27-12-18/h5-12,15,22,31H,13-14H2,1-4H3. The van der Waals surface area contributed by atoms with E-state index < -0.39 is 17.7 Å². The first-order valence-corrected chi connectivity index (χ1v) is 11.9. The molecule has 1 aliphatic rings. The molecule has 176 valence electrons. The van der Waals surface area contributed by atoms with Crippen LogP contribution < -0.4 is 4.74 Å². The molecular formula is C26H27N3O4S. The van der Waals surface area contributed by atoms with Crippen molar-refractivity contribution in [1.82, 2.24) is 14.9 Å². The number of aliphatic hydroxyl groups excluding tert-OH is 1. The third-order valence-electron chi connectivity index (χ3n) is 5.49. The van der Waals surface area contributed by atoms with E-state index in [1.54, 1.807) is 25.4 Å². The van der Waals surface area contributed by atoms with Gasteiger partial charge in [0.1, 0.15) is 5.75 Å². The number of thiazole rings is 1. The molecule has 3 aromatic rings. The van der Waals surface area contributed by atoms with Crippen LogP contribution in [-0.2, 0) is 11.3 Å². The van der Waals surface area contributed by atoms with E-state index >= 15 is 0 Å². The van der Waals surface area contributed by atoms with E-state index in [1.807, 2.05) is 37.3 Å². The Bertz CT molecular complexity index is 1250. The van der Waals surface area contributed by atoms with Crippen molar-refractivity contribution in [2.45, 2.75) is 40.3 Å². The van der Waals surface area contributed by atoms with Gasteiger partial charge in [0.15, 0.2) is 5.76 Å². The van der Waals surface area contributed by atoms with Crippen LogP contribution >= 0.6 is 11.3 Å². The summed E-state index contributed by atoms with van der Waals surface area (Å²) in [5.74, 6) is -0.524. The molecule has 1 atom stereocenters. The van der Waals surface area contributed by atoms with Gasteiger partial charge in [0, 0.05) is 18.9 Å². The topological polar surface area (TPSA) is 92.6 Å². The summed E-state index contributed by atoms with van der Waals surface area (Å²) in [4.78, 5) is 37.3. The highest BCUT2D eigenvalue weighted by Gasteiger charge is 2.44. The van der Waals surface area contributed by atoms with E-state index in [1.165, 1.54) is 16.2 Å². The lowest BCUT2D eigenvalue weighted by molar-refractivity contribution is -0.130. The van der Waals surface area contributed by atoms with Crippen LogP contribution in [0.1, 0.15) is 51.4 Å². The Kier molecular flexibility index (Phi) is 6.79. The van der Waals surface area contributed by atoms with E-state index in [0.717, 1.165) is 10.6 Å². The van der Waals surface area contributed by atoms with Gasteiger partial charge in [-0.25, -0.2) is 4.98 Å². The fourth-order valence-electron chi connectivity index (χ4n) is 3.99. The molecule has 4 rings (SSSR count). The molecule has 0 spiro atoms. The number of hydrogen-bond donors (Lipinski definition) is 1. The number of pyridine rings is 1. The Morgan fingerprint density at radius 2 is 2.03 bits per heavy atom. The predicted molar refractivity (Wildman–Crippen MR) is 130 cm³/mol. The zero-order valence-electron chi connectivity index (χ0n) is 19.6. The van der Waals surface area contributed by atoms with Gasteiger partial charge in [-0.15, -0.1) is 11.3 Å². The van der Waals surface area contributed by atoms with E-state index in [0.29, 0.717) is 34.4 Å². The molecule has 0 fully saturated rings. The number of carbonyl (C=O) groups excluding carboxylic acids is 2. The van der Waals surface area contributed by atoms with E-state index in [4.69, 9.17) is 4.74 Å². The van der Waals surface area contributed by atoms with E-state index in [2.05, 4.69) is 23.8 Å². The highest BCUT2D eigenvalue weighted by Crippen LogP contribution is 2.41. The molecule has 3 heterocycles. The monoisotopic (exact) mass is 477 g/mol. The molecule has 0 bridgehead atoms. The summed E-state index contributed by atoms with van der Waals surface area (Å²) in [6.07, 6.45) is 3.32. The Labute approximate surface area is 202 Å². The minimum absolute atomic E-state index is 0.0571. The van der Waals surface area contributed by atoms with Crippen molar-refractivity contribution in [1.29, 1.82) is 0 Å². The Morgan fingerprint density at radius 3 is 2.68 bits per heavy atom. The number of nitrogens with zero attached hydrogens (tertiary/aromatic N) is 3. The minimum atomic E-state index is -0.774. The lowest BCUT2D eigenvalue weighted by Crippen LogP contribution is -2.30. The van der Waals surface area contributed by atoms with E-state index in [9.17, 15) is 14.7 Å². The van der Waals surface area contributed by atoms with Crippen molar-refractivity contribution in [3.8, 4) is 5.75 Å². The summed E-state index contributed by atoms with van der Waals surface area (Å²) in [5, 5.41) is 11.7. The summed E-state index contributed by atoms with van der Waals surface area (Å²) in [6.45, 7) is 8.44. The molecule has 1 unspecified atom stereocenters. The fraction of sp³-hybridized carbons (Fsp3) is 0.308. The van der Waals surface area contributed by atoms with Crippen molar-refractivity contribution >= 4 is 23.0 Å². The molecular weight excluding hydrogens is 450 g/mol. The van der Waals surface area contributed by atoms with Crippen molar-refractivity contribution in [3.63, 3.8) is 0 Å². The van der Waals surface area contributed by atoms with Crippen molar-refractivity contribution < 1.29 is 19.4 Å². The second-order valence-electron chi connectivity index (χ2n) is 8.71. The Balaban J connectivity index is 1.79. The van der Waals surface area contributed by atoms with Gasteiger partial charge < -0.3 is 14.7 Å². The zero-order valence-corrected chi connectivity index (χ0v) is 20.4. The highest BCUT2D eigenvalue weighted by molar-refractivity contribution is 7.14.